The molecule has 0 aliphatic rings. The maximum Gasteiger partial charge on any atom is 0.328 e. The highest BCUT2D eigenvalue weighted by Crippen LogP contribution is 1.94. The summed E-state index contributed by atoms with van der Waals surface area (Å²) in [5.74, 6) is -2.57. The molecule has 0 saturated carbocycles. The molecule has 0 saturated heterocycles. The number of amides is 1. The van der Waals surface area contributed by atoms with Gasteiger partial charge in [-0.2, -0.15) is 0 Å². The molecular weight excluding hydrogens is 268 g/mol. The quantitative estimate of drug-likeness (QED) is 0.552. The first-order valence-corrected chi connectivity index (χ1v) is 5.70. The molecule has 1 amide bonds. The number of Topliss-reactive ketones (excluding diaryl/α,β-unsaturated/α-hetero) is 1. The van der Waals surface area contributed by atoms with Crippen LogP contribution >= 0.6 is 0 Å². The molecule has 8 nitrogen and oxygen atoms in total. The fraction of sp³-hybridized carbons (Fsp3) is 0.333. The van der Waals surface area contributed by atoms with Gasteiger partial charge in [-0.1, -0.05) is 0 Å². The van der Waals surface area contributed by atoms with Crippen molar-refractivity contribution in [2.45, 2.75) is 19.5 Å². The summed E-state index contributed by atoms with van der Waals surface area (Å²) < 4.78 is 0.988. The number of aliphatic hydroxyl groups excluding tert-OH is 1. The number of hydrogen-bond acceptors (Lipinski definition) is 5. The Morgan fingerprint density at radius 3 is 2.55 bits per heavy atom. The van der Waals surface area contributed by atoms with Crippen LogP contribution < -0.4 is 10.9 Å². The van der Waals surface area contributed by atoms with Crippen molar-refractivity contribution in [3.63, 3.8) is 0 Å². The van der Waals surface area contributed by atoms with E-state index in [1.165, 1.54) is 25.3 Å². The van der Waals surface area contributed by atoms with Gasteiger partial charge in [0.2, 0.25) is 5.91 Å². The highest BCUT2D eigenvalue weighted by molar-refractivity contribution is 5.93. The molecule has 8 heteroatoms. The van der Waals surface area contributed by atoms with Gasteiger partial charge >= 0.3 is 5.97 Å². The molecule has 0 fully saturated rings. The minimum absolute atomic E-state index is 0.0581. The number of carbonyl (C=O) groups is 3. The number of hydrogen-bond donors (Lipinski definition) is 3. The molecule has 0 aromatic carbocycles. The minimum atomic E-state index is -1.44. The van der Waals surface area contributed by atoms with Crippen LogP contribution in [0.3, 0.4) is 0 Å². The Bertz CT molecular complexity index is 592. The molecule has 0 bridgehead atoms. The van der Waals surface area contributed by atoms with Gasteiger partial charge in [-0.15, -0.1) is 0 Å². The number of ketones is 1. The first-order chi connectivity index (χ1) is 9.36. The van der Waals surface area contributed by atoms with E-state index in [-0.39, 0.29) is 5.56 Å². The number of pyridine rings is 1. The maximum absolute atomic E-state index is 11.8. The summed E-state index contributed by atoms with van der Waals surface area (Å²) in [6.07, 6.45) is 1.31. The van der Waals surface area contributed by atoms with Crippen LogP contribution in [0.2, 0.25) is 0 Å². The number of carboxylic acid groups (broad SMARTS) is 1. The average molecular weight is 282 g/mol. The van der Waals surface area contributed by atoms with Crippen LogP contribution in [-0.2, 0) is 16.1 Å². The summed E-state index contributed by atoms with van der Waals surface area (Å²) in [4.78, 5) is 45.3. The van der Waals surface area contributed by atoms with Gasteiger partial charge in [-0.3, -0.25) is 14.4 Å². The van der Waals surface area contributed by atoms with Gasteiger partial charge in [0.15, 0.2) is 5.78 Å². The molecule has 20 heavy (non-hydrogen) atoms. The summed E-state index contributed by atoms with van der Waals surface area (Å²) >= 11 is 0. The minimum Gasteiger partial charge on any atom is -0.480 e. The van der Waals surface area contributed by atoms with E-state index in [4.69, 9.17) is 10.2 Å². The second-order valence-electron chi connectivity index (χ2n) is 4.05. The summed E-state index contributed by atoms with van der Waals surface area (Å²) in [6, 6.07) is 1.34. The number of aliphatic hydroxyl groups is 1. The third kappa shape index (κ3) is 3.75. The van der Waals surface area contributed by atoms with Crippen LogP contribution in [0.4, 0.5) is 0 Å². The molecular formula is C12H14N2O6. The monoisotopic (exact) mass is 282 g/mol. The first-order valence-electron chi connectivity index (χ1n) is 5.70. The summed E-state index contributed by atoms with van der Waals surface area (Å²) in [5.41, 5.74) is -0.691. The van der Waals surface area contributed by atoms with Crippen molar-refractivity contribution in [2.75, 3.05) is 6.61 Å². The fourth-order valence-electron chi connectivity index (χ4n) is 1.51. The summed E-state index contributed by atoms with van der Waals surface area (Å²) in [5, 5.41) is 19.5. The van der Waals surface area contributed by atoms with E-state index in [2.05, 4.69) is 5.32 Å². The zero-order valence-corrected chi connectivity index (χ0v) is 10.7. The number of carboxylic acids is 1. The van der Waals surface area contributed by atoms with Crippen molar-refractivity contribution in [1.29, 1.82) is 0 Å². The normalized spacial score (nSPS) is 11.7. The zero-order valence-electron chi connectivity index (χ0n) is 10.7. The van der Waals surface area contributed by atoms with Crippen molar-refractivity contribution >= 4 is 17.7 Å². The van der Waals surface area contributed by atoms with Crippen molar-refractivity contribution in [1.82, 2.24) is 9.88 Å². The van der Waals surface area contributed by atoms with Gasteiger partial charge in [-0.05, 0) is 19.1 Å². The van der Waals surface area contributed by atoms with Crippen LogP contribution in [0, 0.1) is 0 Å². The van der Waals surface area contributed by atoms with Crippen LogP contribution in [0.15, 0.2) is 23.1 Å². The molecule has 1 atom stereocenters. The Morgan fingerprint density at radius 2 is 2.05 bits per heavy atom. The predicted molar refractivity (Wildman–Crippen MR) is 67.4 cm³/mol. The van der Waals surface area contributed by atoms with E-state index in [1.54, 1.807) is 0 Å². The fourth-order valence-corrected chi connectivity index (χ4v) is 1.51. The number of nitrogens with one attached hydrogen (secondary N) is 1. The third-order valence-electron chi connectivity index (χ3n) is 2.53. The number of nitrogens with zero attached hydrogens (tertiary/aromatic N) is 1. The highest BCUT2D eigenvalue weighted by atomic mass is 16.4. The van der Waals surface area contributed by atoms with Crippen LogP contribution in [-0.4, -0.2) is 45.1 Å². The predicted octanol–water partition coefficient (Wildman–Crippen LogP) is -1.39. The number of rotatable bonds is 6. The zero-order chi connectivity index (χ0) is 15.3. The van der Waals surface area contributed by atoms with E-state index < -0.39 is 42.4 Å². The Hall–Kier alpha value is -2.48. The number of aliphatic carboxylic acids is 1. The molecule has 0 spiro atoms. The number of carbonyl (C=O) groups excluding carboxylic acids is 2. The van der Waals surface area contributed by atoms with E-state index in [9.17, 15) is 19.2 Å². The Labute approximate surface area is 113 Å². The lowest BCUT2D eigenvalue weighted by Gasteiger charge is -2.12. The van der Waals surface area contributed by atoms with E-state index in [0.29, 0.717) is 0 Å². The van der Waals surface area contributed by atoms with Crippen LogP contribution in [0.1, 0.15) is 17.3 Å². The molecule has 108 valence electrons. The smallest absolute Gasteiger partial charge is 0.328 e. The first kappa shape index (κ1) is 15.6. The number of aromatic nitrogens is 1. The highest BCUT2D eigenvalue weighted by Gasteiger charge is 2.19. The topological polar surface area (TPSA) is 126 Å². The maximum atomic E-state index is 11.8. The second kappa shape index (κ2) is 6.62. The molecule has 1 heterocycles. The molecule has 0 radical (unpaired) electrons. The molecule has 3 N–H and O–H groups in total. The van der Waals surface area contributed by atoms with Gasteiger partial charge in [0.25, 0.3) is 5.56 Å². The van der Waals surface area contributed by atoms with E-state index in [1.807, 2.05) is 0 Å². The molecule has 1 aromatic heterocycles. The van der Waals surface area contributed by atoms with Gasteiger partial charge in [0, 0.05) is 6.20 Å². The van der Waals surface area contributed by atoms with Gasteiger partial charge < -0.3 is 20.1 Å². The van der Waals surface area contributed by atoms with Crippen molar-refractivity contribution in [3.05, 3.63) is 34.2 Å². The van der Waals surface area contributed by atoms with E-state index in [0.717, 1.165) is 4.57 Å². The van der Waals surface area contributed by atoms with Crippen molar-refractivity contribution < 1.29 is 24.6 Å². The molecule has 0 aliphatic heterocycles. The SMILES string of the molecule is CC(=O)c1cccn(CC(=O)NC(CO)C(=O)O)c1=O. The lowest BCUT2D eigenvalue weighted by atomic mass is 10.2. The third-order valence-corrected chi connectivity index (χ3v) is 2.53. The van der Waals surface area contributed by atoms with Gasteiger partial charge in [0.1, 0.15) is 12.6 Å². The van der Waals surface area contributed by atoms with Crippen molar-refractivity contribution in [2.24, 2.45) is 0 Å². The van der Waals surface area contributed by atoms with Gasteiger partial charge in [-0.25, -0.2) is 4.79 Å². The molecule has 0 aliphatic carbocycles. The van der Waals surface area contributed by atoms with Crippen molar-refractivity contribution in [3.8, 4) is 0 Å². The Balaban J connectivity index is 2.87. The summed E-state index contributed by atoms with van der Waals surface area (Å²) in [7, 11) is 0. The largest absolute Gasteiger partial charge is 0.480 e. The molecule has 1 rings (SSSR count). The molecule has 1 aromatic rings. The van der Waals surface area contributed by atoms with Gasteiger partial charge in [0.05, 0.1) is 12.2 Å². The summed E-state index contributed by atoms with van der Waals surface area (Å²) in [6.45, 7) is 0.0283. The average Bonchev–Trinajstić information content (AvgIpc) is 2.37. The second-order valence-corrected chi connectivity index (χ2v) is 4.05. The Kier molecular flexibility index (Phi) is 5.15. The lowest BCUT2D eigenvalue weighted by molar-refractivity contribution is -0.143. The van der Waals surface area contributed by atoms with Crippen LogP contribution in [0.25, 0.3) is 0 Å². The molecule has 1 unspecified atom stereocenters. The van der Waals surface area contributed by atoms with Crippen LogP contribution in [0.5, 0.6) is 0 Å². The standard InChI is InChI=1S/C12H14N2O6/c1-7(16)8-3-2-4-14(11(8)18)5-10(17)13-9(6-15)12(19)20/h2-4,9,15H,5-6H2,1H3,(H,13,17)(H,19,20). The Morgan fingerprint density at radius 1 is 1.40 bits per heavy atom. The lowest BCUT2D eigenvalue weighted by Crippen LogP contribution is -2.45. The van der Waals surface area contributed by atoms with E-state index >= 15 is 0 Å².